The number of anilines is 1. The van der Waals surface area contributed by atoms with Gasteiger partial charge in [0.1, 0.15) is 5.75 Å². The lowest BCUT2D eigenvalue weighted by molar-refractivity contribution is 0.0993. The minimum Gasteiger partial charge on any atom is -0.497 e. The van der Waals surface area contributed by atoms with E-state index in [1.807, 2.05) is 0 Å². The maximum atomic E-state index is 12.3. The molecule has 0 spiro atoms. The number of carbonyl (C=O) groups excluding carboxylic acids is 1. The molecule has 0 saturated heterocycles. The van der Waals surface area contributed by atoms with E-state index in [4.69, 9.17) is 14.4 Å². The number of benzene rings is 2. The first kappa shape index (κ1) is 16.3. The Morgan fingerprint density at radius 3 is 2.64 bits per heavy atom. The van der Waals surface area contributed by atoms with Crippen molar-refractivity contribution in [2.45, 2.75) is 6.42 Å². The summed E-state index contributed by atoms with van der Waals surface area (Å²) in [6.07, 6.45) is 0.301. The van der Waals surface area contributed by atoms with Gasteiger partial charge < -0.3 is 14.5 Å². The summed E-state index contributed by atoms with van der Waals surface area (Å²) in [6, 6.07) is 15.3. The average Bonchev–Trinajstić information content (AvgIpc) is 2.63. The monoisotopic (exact) mass is 334 g/mol. The van der Waals surface area contributed by atoms with Crippen LogP contribution < -0.4 is 15.7 Å². The van der Waals surface area contributed by atoms with Crippen molar-refractivity contribution in [1.82, 2.24) is 0 Å². The van der Waals surface area contributed by atoms with Crippen molar-refractivity contribution in [3.05, 3.63) is 70.3 Å². The van der Waals surface area contributed by atoms with Gasteiger partial charge in [0.2, 0.25) is 0 Å². The molecule has 1 N–H and O–H groups in total. The number of amides is 1. The second-order valence-electron chi connectivity index (χ2n) is 5.34. The van der Waals surface area contributed by atoms with Gasteiger partial charge in [0.05, 0.1) is 25.0 Å². The Kier molecular flexibility index (Phi) is 4.48. The molecular weight excluding hydrogens is 320 g/mol. The van der Waals surface area contributed by atoms with Crippen LogP contribution in [0.25, 0.3) is 10.8 Å². The van der Waals surface area contributed by atoms with Crippen LogP contribution in [0.2, 0.25) is 0 Å². The highest BCUT2D eigenvalue weighted by atomic mass is 16.5. The van der Waals surface area contributed by atoms with E-state index < -0.39 is 11.5 Å². The van der Waals surface area contributed by atoms with Crippen LogP contribution in [0, 0.1) is 11.3 Å². The Bertz CT molecular complexity index is 1030. The second-order valence-corrected chi connectivity index (χ2v) is 5.34. The van der Waals surface area contributed by atoms with Crippen LogP contribution in [-0.2, 0) is 6.42 Å². The van der Waals surface area contributed by atoms with Gasteiger partial charge in [0.15, 0.2) is 5.76 Å². The maximum Gasteiger partial charge on any atom is 0.344 e. The molecule has 1 amide bonds. The second kappa shape index (κ2) is 6.89. The Morgan fingerprint density at radius 2 is 1.96 bits per heavy atom. The van der Waals surface area contributed by atoms with Crippen molar-refractivity contribution >= 4 is 22.4 Å². The van der Waals surface area contributed by atoms with Crippen molar-refractivity contribution in [2.75, 3.05) is 12.4 Å². The number of methoxy groups -OCH3 is 1. The average molecular weight is 334 g/mol. The van der Waals surface area contributed by atoms with Gasteiger partial charge >= 0.3 is 5.63 Å². The number of ether oxygens (including phenoxy) is 1. The van der Waals surface area contributed by atoms with Crippen molar-refractivity contribution in [2.24, 2.45) is 0 Å². The van der Waals surface area contributed by atoms with Crippen LogP contribution in [0.15, 0.2) is 57.7 Å². The molecule has 3 rings (SSSR count). The van der Waals surface area contributed by atoms with Gasteiger partial charge in [-0.05, 0) is 47.3 Å². The largest absolute Gasteiger partial charge is 0.497 e. The molecule has 1 heterocycles. The number of nitriles is 1. The molecule has 6 nitrogen and oxygen atoms in total. The lowest BCUT2D eigenvalue weighted by Gasteiger charge is -2.06. The van der Waals surface area contributed by atoms with E-state index in [1.54, 1.807) is 42.5 Å². The molecule has 124 valence electrons. The summed E-state index contributed by atoms with van der Waals surface area (Å²) in [5, 5.41) is 12.3. The number of nitrogens with zero attached hydrogens (tertiary/aromatic N) is 1. The smallest absolute Gasteiger partial charge is 0.344 e. The summed E-state index contributed by atoms with van der Waals surface area (Å²) >= 11 is 0. The summed E-state index contributed by atoms with van der Waals surface area (Å²) in [5.74, 6) is -0.0424. The predicted octanol–water partition coefficient (Wildman–Crippen LogP) is 3.12. The first-order valence-corrected chi connectivity index (χ1v) is 7.50. The van der Waals surface area contributed by atoms with E-state index in [1.165, 1.54) is 13.2 Å². The zero-order chi connectivity index (χ0) is 17.8. The van der Waals surface area contributed by atoms with E-state index >= 15 is 0 Å². The van der Waals surface area contributed by atoms with E-state index in [9.17, 15) is 9.59 Å². The van der Waals surface area contributed by atoms with E-state index in [-0.39, 0.29) is 5.76 Å². The highest BCUT2D eigenvalue weighted by Gasteiger charge is 2.13. The third-order valence-electron chi connectivity index (χ3n) is 3.69. The highest BCUT2D eigenvalue weighted by Crippen LogP contribution is 2.20. The zero-order valence-electron chi connectivity index (χ0n) is 13.4. The minimum absolute atomic E-state index is 0.0909. The topological polar surface area (TPSA) is 92.3 Å². The number of fused-ring (bicyclic) bond motifs is 1. The maximum absolute atomic E-state index is 12.3. The van der Waals surface area contributed by atoms with Crippen molar-refractivity contribution < 1.29 is 13.9 Å². The lowest BCUT2D eigenvalue weighted by atomic mass is 10.1. The summed E-state index contributed by atoms with van der Waals surface area (Å²) in [6.45, 7) is 0. The molecule has 2 aromatic carbocycles. The fourth-order valence-electron chi connectivity index (χ4n) is 2.40. The first-order chi connectivity index (χ1) is 12.1. The van der Waals surface area contributed by atoms with Crippen LogP contribution in [-0.4, -0.2) is 13.0 Å². The van der Waals surface area contributed by atoms with Gasteiger partial charge in [-0.15, -0.1) is 0 Å². The van der Waals surface area contributed by atoms with Crippen LogP contribution in [0.5, 0.6) is 5.75 Å². The Morgan fingerprint density at radius 1 is 1.20 bits per heavy atom. The van der Waals surface area contributed by atoms with Crippen LogP contribution in [0.3, 0.4) is 0 Å². The molecule has 3 aromatic rings. The normalized spacial score (nSPS) is 10.2. The van der Waals surface area contributed by atoms with E-state index in [0.717, 1.165) is 5.56 Å². The molecule has 0 aliphatic carbocycles. The van der Waals surface area contributed by atoms with Crippen LogP contribution in [0.1, 0.15) is 16.1 Å². The Balaban J connectivity index is 1.89. The predicted molar refractivity (Wildman–Crippen MR) is 92.7 cm³/mol. The molecular formula is C19H14N2O4. The first-order valence-electron chi connectivity index (χ1n) is 7.50. The molecule has 0 unspecified atom stereocenters. The fraction of sp³-hybridized carbons (Fsp3) is 0.105. The summed E-state index contributed by atoms with van der Waals surface area (Å²) in [5.41, 5.74) is 0.805. The number of nitrogens with one attached hydrogen (secondary N) is 1. The number of hydrogen-bond donors (Lipinski definition) is 1. The van der Waals surface area contributed by atoms with Crippen molar-refractivity contribution in [1.29, 1.82) is 5.26 Å². The molecule has 0 aliphatic rings. The third kappa shape index (κ3) is 3.51. The SMILES string of the molecule is COc1ccc2c(=O)oc(C(=O)Nc3ccc(CC#N)cc3)cc2c1. The number of hydrogen-bond acceptors (Lipinski definition) is 5. The molecule has 0 aliphatic heterocycles. The summed E-state index contributed by atoms with van der Waals surface area (Å²) < 4.78 is 10.2. The third-order valence-corrected chi connectivity index (χ3v) is 3.69. The Labute approximate surface area is 143 Å². The van der Waals surface area contributed by atoms with Crippen molar-refractivity contribution in [3.63, 3.8) is 0 Å². The van der Waals surface area contributed by atoms with Gasteiger partial charge in [0, 0.05) is 5.69 Å². The van der Waals surface area contributed by atoms with Gasteiger partial charge in [-0.1, -0.05) is 12.1 Å². The molecule has 0 atom stereocenters. The number of carbonyl (C=O) groups is 1. The molecule has 1 aromatic heterocycles. The quantitative estimate of drug-likeness (QED) is 0.791. The molecule has 0 saturated carbocycles. The van der Waals surface area contributed by atoms with Crippen LogP contribution >= 0.6 is 0 Å². The fourth-order valence-corrected chi connectivity index (χ4v) is 2.40. The van der Waals surface area contributed by atoms with Gasteiger partial charge in [0.25, 0.3) is 5.91 Å². The molecule has 6 heteroatoms. The van der Waals surface area contributed by atoms with Gasteiger partial charge in [-0.2, -0.15) is 5.26 Å². The lowest BCUT2D eigenvalue weighted by Crippen LogP contribution is -2.15. The molecule has 0 bridgehead atoms. The highest BCUT2D eigenvalue weighted by molar-refractivity contribution is 6.04. The van der Waals surface area contributed by atoms with Gasteiger partial charge in [-0.3, -0.25) is 4.79 Å². The molecule has 0 fully saturated rings. The van der Waals surface area contributed by atoms with Crippen LogP contribution in [0.4, 0.5) is 5.69 Å². The molecule has 25 heavy (non-hydrogen) atoms. The zero-order valence-corrected chi connectivity index (χ0v) is 13.4. The van der Waals surface area contributed by atoms with Crippen molar-refractivity contribution in [3.8, 4) is 11.8 Å². The van der Waals surface area contributed by atoms with E-state index in [2.05, 4.69) is 11.4 Å². The van der Waals surface area contributed by atoms with E-state index in [0.29, 0.717) is 28.6 Å². The summed E-state index contributed by atoms with van der Waals surface area (Å²) in [4.78, 5) is 24.4. The molecule has 0 radical (unpaired) electrons. The minimum atomic E-state index is -0.588. The van der Waals surface area contributed by atoms with Gasteiger partial charge in [-0.25, -0.2) is 4.79 Å². The summed E-state index contributed by atoms with van der Waals surface area (Å²) in [7, 11) is 1.52. The Hall–Kier alpha value is -3.59. The standard InChI is InChI=1S/C19H14N2O4/c1-24-15-6-7-16-13(10-15)11-17(25-19(16)23)18(22)21-14-4-2-12(3-5-14)8-9-20/h2-7,10-11H,8H2,1H3,(H,21,22). The number of rotatable bonds is 4.